The lowest BCUT2D eigenvalue weighted by Gasteiger charge is -2.57. The molecule has 50 heavy (non-hydrogen) atoms. The number of hydrogen-bond donors (Lipinski definition) is 0. The van der Waals surface area contributed by atoms with Crippen LogP contribution in [0.25, 0.3) is 5.57 Å². The Balaban J connectivity index is 1.53. The van der Waals surface area contributed by atoms with Crippen LogP contribution in [-0.2, 0) is 5.41 Å². The Morgan fingerprint density at radius 2 is 1.26 bits per heavy atom. The fourth-order valence-corrected chi connectivity index (χ4v) is 18.3. The zero-order valence-corrected chi connectivity index (χ0v) is 34.3. The Bertz CT molecular complexity index is 1620. The summed E-state index contributed by atoms with van der Waals surface area (Å²) in [6, 6.07) is 29.4. The highest BCUT2D eigenvalue weighted by molar-refractivity contribution is 6.76. The van der Waals surface area contributed by atoms with Crippen LogP contribution < -0.4 is 4.90 Å². The van der Waals surface area contributed by atoms with E-state index >= 15 is 0 Å². The Morgan fingerprint density at radius 1 is 0.720 bits per heavy atom. The molecule has 0 aromatic heterocycles. The van der Waals surface area contributed by atoms with Gasteiger partial charge in [0.2, 0.25) is 0 Å². The molecule has 0 radical (unpaired) electrons. The van der Waals surface area contributed by atoms with Gasteiger partial charge in [-0.3, -0.25) is 0 Å². The van der Waals surface area contributed by atoms with Crippen molar-refractivity contribution in [3.05, 3.63) is 108 Å². The van der Waals surface area contributed by atoms with Crippen molar-refractivity contribution in [3.63, 3.8) is 0 Å². The fourth-order valence-electron chi connectivity index (χ4n) is 11.7. The number of benzene rings is 3. The smallest absolute Gasteiger partial charge is 0.127 e. The van der Waals surface area contributed by atoms with E-state index in [4.69, 9.17) is 0 Å². The monoisotopic (exact) mass is 686 g/mol. The van der Waals surface area contributed by atoms with Crippen LogP contribution in [0.1, 0.15) is 118 Å². The highest BCUT2D eigenvalue weighted by Gasteiger charge is 2.57. The summed E-state index contributed by atoms with van der Waals surface area (Å²) in [6.07, 6.45) is 14.4. The summed E-state index contributed by atoms with van der Waals surface area (Å²) in [5.41, 5.74) is 11.1. The fraction of sp³-hybridized carbons (Fsp3) is 0.532. The first kappa shape index (κ1) is 36.9. The van der Waals surface area contributed by atoms with Gasteiger partial charge in [0.15, 0.2) is 0 Å². The molecule has 3 aromatic rings. The van der Waals surface area contributed by atoms with E-state index in [0.717, 1.165) is 11.5 Å². The average molecular weight is 687 g/mol. The normalized spacial score (nSPS) is 22.9. The van der Waals surface area contributed by atoms with E-state index in [1.54, 1.807) is 16.7 Å². The molecule has 0 heterocycles. The van der Waals surface area contributed by atoms with Gasteiger partial charge in [-0.05, 0) is 143 Å². The molecule has 0 amide bonds. The molecule has 4 unspecified atom stereocenters. The Morgan fingerprint density at radius 3 is 1.76 bits per heavy atom. The van der Waals surface area contributed by atoms with Gasteiger partial charge in [-0.25, -0.2) is 0 Å². The first-order valence-electron chi connectivity index (χ1n) is 19.9. The largest absolute Gasteiger partial charge is 0.314 e. The summed E-state index contributed by atoms with van der Waals surface area (Å²) in [5.74, 6) is 1.95. The molecule has 1 saturated carbocycles. The maximum absolute atomic E-state index is 2.99. The molecule has 4 atom stereocenters. The number of allylic oxidation sites excluding steroid dienone is 4. The number of hydrogen-bond acceptors (Lipinski definition) is 2. The third-order valence-electron chi connectivity index (χ3n) is 12.5. The first-order chi connectivity index (χ1) is 23.6. The molecular weight excluding hydrogens is 621 g/mol. The van der Waals surface area contributed by atoms with Crippen LogP contribution in [0, 0.1) is 17.8 Å². The molecule has 2 nitrogen and oxygen atoms in total. The van der Waals surface area contributed by atoms with E-state index in [2.05, 4.69) is 176 Å². The molecule has 3 aliphatic carbocycles. The van der Waals surface area contributed by atoms with E-state index in [-0.39, 0.29) is 16.5 Å². The van der Waals surface area contributed by atoms with Crippen molar-refractivity contribution < 1.29 is 0 Å². The molecule has 6 rings (SSSR count). The minimum atomic E-state index is -1.91. The van der Waals surface area contributed by atoms with E-state index in [1.807, 2.05) is 0 Å². The van der Waals surface area contributed by atoms with E-state index in [0.29, 0.717) is 11.8 Å². The molecule has 0 saturated heterocycles. The minimum absolute atomic E-state index is 0.0586. The van der Waals surface area contributed by atoms with Gasteiger partial charge < -0.3 is 9.47 Å². The van der Waals surface area contributed by atoms with Crippen LogP contribution in [0.3, 0.4) is 0 Å². The summed E-state index contributed by atoms with van der Waals surface area (Å²) in [7, 11) is -1.91. The van der Waals surface area contributed by atoms with Gasteiger partial charge in [-0.15, -0.1) is 0 Å². The SMILES string of the molecule is CCCCC1(CCCC)C2=CC3C(C=C2c2ccc(N(c4ccccc4)c4ccccc4)cc21)CC(C)C3[Si](C)(C)N(C(C)(C)C)C(C)(C)C. The van der Waals surface area contributed by atoms with Crippen LogP contribution in [0.5, 0.6) is 0 Å². The third-order valence-corrected chi connectivity index (χ3v) is 17.5. The number of unbranched alkanes of at least 4 members (excludes halogenated alkanes) is 2. The number of rotatable bonds is 11. The Kier molecular flexibility index (Phi) is 10.3. The van der Waals surface area contributed by atoms with Gasteiger partial charge in [-0.2, -0.15) is 0 Å². The molecule has 3 aromatic carbocycles. The molecular formula is C47H66N2Si. The molecule has 1 fully saturated rings. The second-order valence-electron chi connectivity index (χ2n) is 18.5. The highest BCUT2D eigenvalue weighted by atomic mass is 28.3. The van der Waals surface area contributed by atoms with Gasteiger partial charge in [0, 0.05) is 33.6 Å². The van der Waals surface area contributed by atoms with Crippen molar-refractivity contribution >= 4 is 30.9 Å². The number of nitrogens with zero attached hydrogens (tertiary/aromatic N) is 2. The predicted molar refractivity (Wildman–Crippen MR) is 221 cm³/mol. The van der Waals surface area contributed by atoms with Gasteiger partial charge in [-0.1, -0.05) is 114 Å². The van der Waals surface area contributed by atoms with Crippen LogP contribution in [0.2, 0.25) is 18.6 Å². The van der Waals surface area contributed by atoms with Crippen LogP contribution in [-0.4, -0.2) is 23.9 Å². The second kappa shape index (κ2) is 13.9. The maximum atomic E-state index is 2.99. The topological polar surface area (TPSA) is 6.48 Å². The molecule has 0 aliphatic heterocycles. The van der Waals surface area contributed by atoms with Crippen molar-refractivity contribution in [2.24, 2.45) is 17.8 Å². The second-order valence-corrected chi connectivity index (χ2v) is 22.9. The number of fused-ring (bicyclic) bond motifs is 4. The van der Waals surface area contributed by atoms with Crippen LogP contribution in [0.4, 0.5) is 17.1 Å². The minimum Gasteiger partial charge on any atom is -0.314 e. The zero-order valence-electron chi connectivity index (χ0n) is 33.3. The summed E-state index contributed by atoms with van der Waals surface area (Å²) in [6.45, 7) is 27.5. The predicted octanol–water partition coefficient (Wildman–Crippen LogP) is 13.9. The summed E-state index contributed by atoms with van der Waals surface area (Å²) >= 11 is 0. The standard InChI is InChI=1S/C47H66N2Si/c1-12-14-28-47(29-15-13-2)42-32-38(48(36-22-18-16-19-23-36)37-24-20-17-21-25-37)26-27-39(42)41-31-35-30-34(3)44(40(35)33-43(41)47)50(10,11)49(45(4,5)6)46(7,8)9/h16-27,31-35,40,44H,12-15,28-30H2,1-11H3. The molecule has 268 valence electrons. The average Bonchev–Trinajstić information content (AvgIpc) is 3.52. The van der Waals surface area contributed by atoms with E-state index < -0.39 is 8.24 Å². The van der Waals surface area contributed by atoms with Gasteiger partial charge in [0.05, 0.1) is 0 Å². The van der Waals surface area contributed by atoms with Crippen molar-refractivity contribution in [2.45, 2.75) is 142 Å². The van der Waals surface area contributed by atoms with Gasteiger partial charge in [0.1, 0.15) is 8.24 Å². The zero-order chi connectivity index (χ0) is 36.1. The lowest BCUT2D eigenvalue weighted by atomic mass is 9.68. The van der Waals surface area contributed by atoms with Crippen molar-refractivity contribution in [1.82, 2.24) is 4.57 Å². The highest BCUT2D eigenvalue weighted by Crippen LogP contribution is 2.63. The lowest BCUT2D eigenvalue weighted by Crippen LogP contribution is -2.67. The van der Waals surface area contributed by atoms with Crippen LogP contribution in [0.15, 0.2) is 96.6 Å². The summed E-state index contributed by atoms with van der Waals surface area (Å²) in [4.78, 5) is 2.46. The molecule has 0 bridgehead atoms. The van der Waals surface area contributed by atoms with Crippen molar-refractivity contribution in [1.29, 1.82) is 0 Å². The van der Waals surface area contributed by atoms with Gasteiger partial charge in [0.25, 0.3) is 0 Å². The molecule has 3 heteroatoms. The van der Waals surface area contributed by atoms with Gasteiger partial charge >= 0.3 is 0 Å². The van der Waals surface area contributed by atoms with E-state index in [9.17, 15) is 0 Å². The van der Waals surface area contributed by atoms with Crippen molar-refractivity contribution in [3.8, 4) is 0 Å². The molecule has 3 aliphatic rings. The maximum Gasteiger partial charge on any atom is 0.127 e. The Labute approximate surface area is 307 Å². The third kappa shape index (κ3) is 6.51. The molecule has 0 N–H and O–H groups in total. The summed E-state index contributed by atoms with van der Waals surface area (Å²) in [5, 5.41) is 0. The number of para-hydroxylation sites is 2. The number of anilines is 3. The van der Waals surface area contributed by atoms with E-state index in [1.165, 1.54) is 67.6 Å². The molecule has 0 spiro atoms. The first-order valence-corrected chi connectivity index (χ1v) is 23.0. The summed E-state index contributed by atoms with van der Waals surface area (Å²) < 4.78 is 2.99. The Hall–Kier alpha value is -2.88. The lowest BCUT2D eigenvalue weighted by molar-refractivity contribution is 0.121. The quantitative estimate of drug-likeness (QED) is 0.185. The van der Waals surface area contributed by atoms with Crippen LogP contribution >= 0.6 is 0 Å². The van der Waals surface area contributed by atoms with Crippen molar-refractivity contribution in [2.75, 3.05) is 4.90 Å².